The quantitative estimate of drug-likeness (QED) is 0.235. The van der Waals surface area contributed by atoms with E-state index in [1.165, 1.54) is 19.2 Å². The Balaban J connectivity index is 1.49. The Labute approximate surface area is 218 Å². The van der Waals surface area contributed by atoms with Crippen molar-refractivity contribution in [2.24, 2.45) is 5.92 Å². The van der Waals surface area contributed by atoms with E-state index >= 15 is 0 Å². The summed E-state index contributed by atoms with van der Waals surface area (Å²) < 4.78 is 8.57. The highest BCUT2D eigenvalue weighted by atomic mass is 35.5. The van der Waals surface area contributed by atoms with E-state index in [0.29, 0.717) is 39.5 Å². The van der Waals surface area contributed by atoms with Gasteiger partial charge in [-0.25, -0.2) is 24.1 Å². The molecule has 0 saturated heterocycles. The van der Waals surface area contributed by atoms with Gasteiger partial charge in [0, 0.05) is 28.8 Å². The number of nitrogens with one attached hydrogen (secondary N) is 1. The minimum Gasteiger partial charge on any atom is -0.446 e. The molecule has 11 heteroatoms. The molecule has 0 atom stereocenters. The molecule has 9 nitrogen and oxygen atoms in total. The first-order valence-corrected chi connectivity index (χ1v) is 12.5. The lowest BCUT2D eigenvalue weighted by Crippen LogP contribution is -2.10. The Morgan fingerprint density at radius 2 is 1.89 bits per heavy atom. The van der Waals surface area contributed by atoms with Crippen LogP contribution in [0, 0.1) is 26.7 Å². The summed E-state index contributed by atoms with van der Waals surface area (Å²) in [5.74, 6) is 2.08. The average Bonchev–Trinajstić information content (AvgIpc) is 3.56. The lowest BCUT2D eigenvalue weighted by Gasteiger charge is -2.11. The Morgan fingerprint density at radius 3 is 2.58 bits per heavy atom. The maximum atomic E-state index is 12.3. The highest BCUT2D eigenvalue weighted by Crippen LogP contribution is 2.35. The number of hydrogen-bond donors (Lipinski definition) is 1. The Bertz CT molecular complexity index is 1430. The van der Waals surface area contributed by atoms with Crippen molar-refractivity contribution in [3.05, 3.63) is 64.2 Å². The zero-order valence-electron chi connectivity index (χ0n) is 20.1. The van der Waals surface area contributed by atoms with Gasteiger partial charge in [0.25, 0.3) is 0 Å². The number of carbonyl (C=O) groups excluding carboxylic acids is 1. The van der Waals surface area contributed by atoms with Crippen molar-refractivity contribution in [3.63, 3.8) is 0 Å². The van der Waals surface area contributed by atoms with Crippen molar-refractivity contribution < 1.29 is 9.53 Å². The molecule has 3 heterocycles. The smallest absolute Gasteiger partial charge is 0.343 e. The van der Waals surface area contributed by atoms with Gasteiger partial charge in [0.2, 0.25) is 0 Å². The van der Waals surface area contributed by atoms with Crippen LogP contribution >= 0.6 is 23.2 Å². The van der Waals surface area contributed by atoms with E-state index in [-0.39, 0.29) is 6.07 Å². The predicted molar refractivity (Wildman–Crippen MR) is 138 cm³/mol. The number of anilines is 2. The van der Waals surface area contributed by atoms with Gasteiger partial charge in [0.05, 0.1) is 17.1 Å². The molecule has 186 valence electrons. The van der Waals surface area contributed by atoms with Crippen LogP contribution in [-0.2, 0) is 11.3 Å². The van der Waals surface area contributed by atoms with E-state index in [1.54, 1.807) is 24.6 Å². The molecule has 0 bridgehead atoms. The number of halogens is 2. The van der Waals surface area contributed by atoms with E-state index in [4.69, 9.17) is 33.0 Å². The summed E-state index contributed by atoms with van der Waals surface area (Å²) in [6.45, 7) is 6.40. The van der Waals surface area contributed by atoms with Crippen LogP contribution in [0.2, 0.25) is 5.02 Å². The zero-order chi connectivity index (χ0) is 25.4. The van der Waals surface area contributed by atoms with Crippen LogP contribution in [0.3, 0.4) is 0 Å². The summed E-state index contributed by atoms with van der Waals surface area (Å²) in [4.78, 5) is 21.1. The topological polar surface area (TPSA) is 99.8 Å². The van der Waals surface area contributed by atoms with Crippen LogP contribution in [0.15, 0.2) is 36.7 Å². The second-order valence-corrected chi connectivity index (χ2v) is 9.49. The van der Waals surface area contributed by atoms with E-state index in [1.807, 2.05) is 35.9 Å². The van der Waals surface area contributed by atoms with Crippen LogP contribution in [0.1, 0.15) is 40.2 Å². The van der Waals surface area contributed by atoms with Gasteiger partial charge < -0.3 is 10.1 Å². The van der Waals surface area contributed by atoms with E-state index in [0.717, 1.165) is 29.2 Å². The molecule has 5 rings (SSSR count). The molecular formula is C25H25Cl2N7O2. The lowest BCUT2D eigenvalue weighted by atomic mass is 10.1. The van der Waals surface area contributed by atoms with Gasteiger partial charge in [-0.15, -0.1) is 0 Å². The second-order valence-electron chi connectivity index (χ2n) is 8.84. The van der Waals surface area contributed by atoms with Gasteiger partial charge in [-0.3, -0.25) is 0 Å². The van der Waals surface area contributed by atoms with Crippen LogP contribution in [0.5, 0.6) is 0 Å². The average molecular weight is 526 g/mol. The van der Waals surface area contributed by atoms with Gasteiger partial charge in [-0.1, -0.05) is 35.3 Å². The number of benzene rings is 1. The summed E-state index contributed by atoms with van der Waals surface area (Å²) in [7, 11) is 0. The van der Waals surface area contributed by atoms with Crippen molar-refractivity contribution in [2.45, 2.75) is 40.2 Å². The monoisotopic (exact) mass is 525 g/mol. The number of alkyl halides is 1. The molecule has 1 aromatic carbocycles. The Morgan fingerprint density at radius 1 is 1.14 bits per heavy atom. The number of ether oxygens (including phenoxy) is 1. The van der Waals surface area contributed by atoms with Gasteiger partial charge in [0.1, 0.15) is 23.5 Å². The normalized spacial score (nSPS) is 13.1. The van der Waals surface area contributed by atoms with Crippen LogP contribution in [0.4, 0.5) is 11.6 Å². The Kier molecular flexibility index (Phi) is 6.68. The Hall–Kier alpha value is -3.43. The van der Waals surface area contributed by atoms with Crippen molar-refractivity contribution in [1.82, 2.24) is 29.5 Å². The third-order valence-electron chi connectivity index (χ3n) is 6.23. The number of aryl methyl sites for hydroxylation is 1. The van der Waals surface area contributed by atoms with Gasteiger partial charge in [-0.2, -0.15) is 10.2 Å². The van der Waals surface area contributed by atoms with Crippen LogP contribution in [0.25, 0.3) is 17.1 Å². The van der Waals surface area contributed by atoms with E-state index < -0.39 is 5.97 Å². The van der Waals surface area contributed by atoms with Crippen LogP contribution in [-0.4, -0.2) is 41.6 Å². The first-order chi connectivity index (χ1) is 17.4. The van der Waals surface area contributed by atoms with Crippen molar-refractivity contribution in [3.8, 4) is 17.1 Å². The molecule has 36 heavy (non-hydrogen) atoms. The highest BCUT2D eigenvalue weighted by Gasteiger charge is 2.26. The second kappa shape index (κ2) is 9.91. The van der Waals surface area contributed by atoms with Gasteiger partial charge in [0.15, 0.2) is 11.9 Å². The fourth-order valence-corrected chi connectivity index (χ4v) is 4.43. The molecule has 0 radical (unpaired) electrons. The minimum absolute atomic E-state index is 0.226. The maximum absolute atomic E-state index is 12.3. The molecule has 1 aliphatic carbocycles. The number of nitrogens with zero attached hydrogens (tertiary/aromatic N) is 6. The lowest BCUT2D eigenvalue weighted by molar-refractivity contribution is 0.0572. The summed E-state index contributed by atoms with van der Waals surface area (Å²) >= 11 is 11.7. The summed E-state index contributed by atoms with van der Waals surface area (Å²) in [5.41, 5.74) is 4.40. The first-order valence-electron chi connectivity index (χ1n) is 11.6. The van der Waals surface area contributed by atoms with Crippen molar-refractivity contribution in [2.75, 3.05) is 11.4 Å². The molecule has 4 aromatic rings. The van der Waals surface area contributed by atoms with Gasteiger partial charge in [-0.05, 0) is 51.7 Å². The van der Waals surface area contributed by atoms with Crippen molar-refractivity contribution >= 4 is 40.8 Å². The third kappa shape index (κ3) is 4.81. The molecule has 1 fully saturated rings. The largest absolute Gasteiger partial charge is 0.446 e. The van der Waals surface area contributed by atoms with E-state index in [9.17, 15) is 4.79 Å². The summed E-state index contributed by atoms with van der Waals surface area (Å²) in [6.07, 6.45) is 3.87. The molecule has 1 saturated carbocycles. The molecule has 0 spiro atoms. The molecule has 0 unspecified atom stereocenters. The molecular weight excluding hydrogens is 501 g/mol. The SMILES string of the molecule is Cc1nn(-c2cc(Nc3c(C)c(-c4ccc(Cl)cc4)nn3CC3CC3)ncn2)c(C)c1C(=O)OCCl. The number of hydrogen-bond acceptors (Lipinski definition) is 7. The minimum atomic E-state index is -0.520. The molecule has 0 amide bonds. The summed E-state index contributed by atoms with van der Waals surface area (Å²) in [6, 6.07) is 9.24. The molecule has 0 aliphatic heterocycles. The van der Waals surface area contributed by atoms with Gasteiger partial charge >= 0.3 is 5.97 Å². The summed E-state index contributed by atoms with van der Waals surface area (Å²) in [5, 5.41) is 13.5. The molecule has 1 N–H and O–H groups in total. The number of aromatic nitrogens is 6. The standard InChI is InChI=1S/C25H25Cl2N7O2/c1-14-23(18-6-8-19(27)9-7-18)32-33(11-17-4-5-17)24(14)30-20-10-21(29-13-28-20)34-16(3)22(15(2)31-34)25(35)36-12-26/h6-10,13,17H,4-5,11-12H2,1-3H3,(H,28,29,30). The fraction of sp³-hybridized carbons (Fsp3) is 0.320. The van der Waals surface area contributed by atoms with Crippen LogP contribution < -0.4 is 5.32 Å². The van der Waals surface area contributed by atoms with Crippen molar-refractivity contribution in [1.29, 1.82) is 0 Å². The first kappa shape index (κ1) is 24.3. The zero-order valence-corrected chi connectivity index (χ0v) is 21.6. The predicted octanol–water partition coefficient (Wildman–Crippen LogP) is 5.61. The highest BCUT2D eigenvalue weighted by molar-refractivity contribution is 6.30. The number of esters is 1. The molecule has 1 aliphatic rings. The molecule has 3 aromatic heterocycles. The number of rotatable bonds is 8. The third-order valence-corrected chi connectivity index (χ3v) is 6.59. The maximum Gasteiger partial charge on any atom is 0.343 e. The fourth-order valence-electron chi connectivity index (χ4n) is 4.20. The van der Waals surface area contributed by atoms with E-state index in [2.05, 4.69) is 20.4 Å². The number of carbonyl (C=O) groups is 1.